The molecular weight excluding hydrogens is 423 g/mol. The minimum atomic E-state index is -3.90. The molecule has 30 heavy (non-hydrogen) atoms. The van der Waals surface area contributed by atoms with Crippen molar-refractivity contribution < 1.29 is 17.6 Å². The number of amides is 1. The molecule has 156 valence electrons. The lowest BCUT2D eigenvalue weighted by molar-refractivity contribution is 0.0956. The van der Waals surface area contributed by atoms with Crippen LogP contribution in [0.1, 0.15) is 10.4 Å². The first kappa shape index (κ1) is 21.9. The van der Waals surface area contributed by atoms with Crippen LogP contribution in [0.5, 0.6) is 0 Å². The van der Waals surface area contributed by atoms with Crippen molar-refractivity contribution >= 4 is 33.4 Å². The maximum absolute atomic E-state index is 13.1. The summed E-state index contributed by atoms with van der Waals surface area (Å²) in [6.07, 6.45) is 0. The van der Waals surface area contributed by atoms with E-state index in [-0.39, 0.29) is 16.4 Å². The highest BCUT2D eigenvalue weighted by Gasteiger charge is 2.22. The number of carbonyl (C=O) groups is 1. The second-order valence-corrected chi connectivity index (χ2v) is 9.53. The number of benzene rings is 3. The summed E-state index contributed by atoms with van der Waals surface area (Å²) in [5, 5.41) is 2.81. The molecule has 8 heteroatoms. The zero-order valence-corrected chi connectivity index (χ0v) is 17.9. The second kappa shape index (κ2) is 9.77. The van der Waals surface area contributed by atoms with Crippen LogP contribution < -0.4 is 9.62 Å². The topological polar surface area (TPSA) is 66.5 Å². The lowest BCUT2D eigenvalue weighted by atomic mass is 10.2. The molecule has 0 saturated carbocycles. The van der Waals surface area contributed by atoms with Gasteiger partial charge in [0.1, 0.15) is 5.82 Å². The van der Waals surface area contributed by atoms with Gasteiger partial charge in [0.15, 0.2) is 0 Å². The third kappa shape index (κ3) is 5.40. The minimum absolute atomic E-state index is 0.0133. The molecule has 0 bridgehead atoms. The predicted molar refractivity (Wildman–Crippen MR) is 118 cm³/mol. The van der Waals surface area contributed by atoms with Crippen LogP contribution in [0.25, 0.3) is 0 Å². The summed E-state index contributed by atoms with van der Waals surface area (Å²) in [5.74, 6) is -0.0973. The van der Waals surface area contributed by atoms with Crippen LogP contribution in [0.3, 0.4) is 0 Å². The molecule has 0 spiro atoms. The monoisotopic (exact) mass is 444 g/mol. The summed E-state index contributed by atoms with van der Waals surface area (Å²) in [6.45, 7) is 0.449. The summed E-state index contributed by atoms with van der Waals surface area (Å²) in [6, 6.07) is 20.9. The summed E-state index contributed by atoms with van der Waals surface area (Å²) >= 11 is 1.62. The third-order valence-corrected chi connectivity index (χ3v) is 7.14. The smallest absolute Gasteiger partial charge is 0.264 e. The molecule has 0 aliphatic rings. The Balaban J connectivity index is 1.65. The van der Waals surface area contributed by atoms with E-state index in [0.29, 0.717) is 18.0 Å². The Kier molecular flexibility index (Phi) is 7.12. The van der Waals surface area contributed by atoms with Crippen molar-refractivity contribution in [1.29, 1.82) is 0 Å². The Morgan fingerprint density at radius 2 is 1.70 bits per heavy atom. The van der Waals surface area contributed by atoms with Crippen molar-refractivity contribution in [2.24, 2.45) is 0 Å². The molecule has 0 aliphatic carbocycles. The molecule has 0 radical (unpaired) electrons. The van der Waals surface area contributed by atoms with Crippen molar-refractivity contribution in [1.82, 2.24) is 5.32 Å². The average Bonchev–Trinajstić information content (AvgIpc) is 2.77. The van der Waals surface area contributed by atoms with Crippen LogP contribution in [0.4, 0.5) is 10.1 Å². The molecule has 0 unspecified atom stereocenters. The number of hydrogen-bond acceptors (Lipinski definition) is 4. The van der Waals surface area contributed by atoms with E-state index in [9.17, 15) is 17.6 Å². The molecule has 0 heterocycles. The van der Waals surface area contributed by atoms with E-state index in [1.165, 1.54) is 49.5 Å². The Bertz CT molecular complexity index is 1100. The fourth-order valence-electron chi connectivity index (χ4n) is 2.70. The minimum Gasteiger partial charge on any atom is -0.351 e. The summed E-state index contributed by atoms with van der Waals surface area (Å²) in [5.41, 5.74) is 0.581. The zero-order chi connectivity index (χ0) is 21.6. The van der Waals surface area contributed by atoms with Crippen molar-refractivity contribution in [3.05, 3.63) is 90.2 Å². The summed E-state index contributed by atoms with van der Waals surface area (Å²) < 4.78 is 40.0. The van der Waals surface area contributed by atoms with Crippen LogP contribution in [0.15, 0.2) is 88.7 Å². The Labute approximate surface area is 180 Å². The molecule has 1 amide bonds. The van der Waals surface area contributed by atoms with Gasteiger partial charge in [0, 0.05) is 29.8 Å². The zero-order valence-electron chi connectivity index (χ0n) is 16.3. The fraction of sp³-hybridized carbons (Fsp3) is 0.136. The molecule has 3 rings (SSSR count). The maximum atomic E-state index is 13.1. The first-order valence-electron chi connectivity index (χ1n) is 9.18. The molecule has 0 aliphatic heterocycles. The normalized spacial score (nSPS) is 11.1. The molecule has 1 N–H and O–H groups in total. The second-order valence-electron chi connectivity index (χ2n) is 6.39. The largest absolute Gasteiger partial charge is 0.351 e. The fourth-order valence-corrected chi connectivity index (χ4v) is 4.73. The van der Waals surface area contributed by atoms with Crippen molar-refractivity contribution in [3.63, 3.8) is 0 Å². The number of nitrogens with zero attached hydrogens (tertiary/aromatic N) is 1. The molecule has 0 atom stereocenters. The van der Waals surface area contributed by atoms with Gasteiger partial charge in [-0.3, -0.25) is 9.10 Å². The summed E-state index contributed by atoms with van der Waals surface area (Å²) in [7, 11) is -2.51. The predicted octanol–water partition coefficient (Wildman–Crippen LogP) is 4.17. The van der Waals surface area contributed by atoms with Gasteiger partial charge in [-0.15, -0.1) is 11.8 Å². The van der Waals surface area contributed by atoms with E-state index in [0.717, 1.165) is 9.20 Å². The Morgan fingerprint density at radius 1 is 1.00 bits per heavy atom. The number of anilines is 1. The molecule has 3 aromatic rings. The first-order valence-corrected chi connectivity index (χ1v) is 11.6. The molecule has 0 saturated heterocycles. The van der Waals surface area contributed by atoms with Crippen LogP contribution in [-0.4, -0.2) is 33.7 Å². The number of thioether (sulfide) groups is 1. The van der Waals surface area contributed by atoms with Gasteiger partial charge < -0.3 is 5.32 Å². The van der Waals surface area contributed by atoms with Gasteiger partial charge >= 0.3 is 0 Å². The molecule has 5 nitrogen and oxygen atoms in total. The number of halogens is 1. The van der Waals surface area contributed by atoms with Gasteiger partial charge in [0.25, 0.3) is 15.9 Å². The number of carbonyl (C=O) groups excluding carboxylic acids is 1. The van der Waals surface area contributed by atoms with Gasteiger partial charge in [-0.2, -0.15) is 0 Å². The van der Waals surface area contributed by atoms with Gasteiger partial charge in [0.05, 0.1) is 10.6 Å². The molecule has 0 fully saturated rings. The highest BCUT2D eigenvalue weighted by molar-refractivity contribution is 7.99. The molecule has 3 aromatic carbocycles. The number of nitrogens with one attached hydrogen (secondary N) is 1. The quantitative estimate of drug-likeness (QED) is 0.418. The van der Waals surface area contributed by atoms with Gasteiger partial charge in [-0.05, 0) is 54.6 Å². The number of rotatable bonds is 8. The van der Waals surface area contributed by atoms with E-state index in [1.54, 1.807) is 17.8 Å². The summed E-state index contributed by atoms with van der Waals surface area (Å²) in [4.78, 5) is 13.5. The maximum Gasteiger partial charge on any atom is 0.264 e. The lowest BCUT2D eigenvalue weighted by Gasteiger charge is -2.19. The van der Waals surface area contributed by atoms with Crippen LogP contribution in [0, 0.1) is 5.82 Å². The van der Waals surface area contributed by atoms with Gasteiger partial charge in [-0.25, -0.2) is 12.8 Å². The van der Waals surface area contributed by atoms with E-state index >= 15 is 0 Å². The molecular formula is C22H21FN2O3S2. The van der Waals surface area contributed by atoms with E-state index < -0.39 is 15.8 Å². The van der Waals surface area contributed by atoms with Crippen molar-refractivity contribution in [2.75, 3.05) is 23.7 Å². The average molecular weight is 445 g/mol. The Morgan fingerprint density at radius 3 is 2.40 bits per heavy atom. The van der Waals surface area contributed by atoms with Crippen LogP contribution in [-0.2, 0) is 10.0 Å². The SMILES string of the molecule is CN(c1ccc(F)cc1)S(=O)(=O)c1cccc(C(=O)NCCSc2ccccc2)c1. The van der Waals surface area contributed by atoms with Crippen LogP contribution >= 0.6 is 11.8 Å². The van der Waals surface area contributed by atoms with E-state index in [4.69, 9.17) is 0 Å². The number of sulfonamides is 1. The van der Waals surface area contributed by atoms with Crippen molar-refractivity contribution in [2.45, 2.75) is 9.79 Å². The van der Waals surface area contributed by atoms with Crippen LogP contribution in [0.2, 0.25) is 0 Å². The highest BCUT2D eigenvalue weighted by Crippen LogP contribution is 2.23. The van der Waals surface area contributed by atoms with Gasteiger partial charge in [0.2, 0.25) is 0 Å². The third-order valence-electron chi connectivity index (χ3n) is 4.34. The van der Waals surface area contributed by atoms with E-state index in [1.807, 2.05) is 30.3 Å². The standard InChI is InChI=1S/C22H21FN2O3S2/c1-25(19-12-10-18(23)11-13-19)30(27,28)21-9-5-6-17(16-21)22(26)24-14-15-29-20-7-3-2-4-8-20/h2-13,16H,14-15H2,1H3,(H,24,26). The van der Waals surface area contributed by atoms with Gasteiger partial charge in [-0.1, -0.05) is 24.3 Å². The highest BCUT2D eigenvalue weighted by atomic mass is 32.2. The Hall–Kier alpha value is -2.84. The first-order chi connectivity index (χ1) is 14.4. The van der Waals surface area contributed by atoms with Crippen molar-refractivity contribution in [3.8, 4) is 0 Å². The number of hydrogen-bond donors (Lipinski definition) is 1. The molecule has 0 aromatic heterocycles. The van der Waals surface area contributed by atoms with E-state index in [2.05, 4.69) is 5.32 Å². The lowest BCUT2D eigenvalue weighted by Crippen LogP contribution is -2.28.